The summed E-state index contributed by atoms with van der Waals surface area (Å²) in [4.78, 5) is 12.0. The van der Waals surface area contributed by atoms with Gasteiger partial charge in [-0.3, -0.25) is 4.79 Å². The molecule has 1 N–H and O–H groups in total. The van der Waals surface area contributed by atoms with E-state index in [0.717, 1.165) is 5.56 Å². The number of hydrazone groups is 1. The van der Waals surface area contributed by atoms with Crippen LogP contribution in [0.15, 0.2) is 23.3 Å². The molecule has 2 aliphatic carbocycles. The van der Waals surface area contributed by atoms with E-state index in [1.54, 1.807) is 24.4 Å². The topological polar surface area (TPSA) is 41.5 Å². The Bertz CT molecular complexity index is 547. The van der Waals surface area contributed by atoms with Crippen molar-refractivity contribution in [2.24, 2.45) is 22.9 Å². The quantitative estimate of drug-likeness (QED) is 0.668. The third-order valence-corrected chi connectivity index (χ3v) is 4.86. The largest absolute Gasteiger partial charge is 0.273 e. The van der Waals surface area contributed by atoms with E-state index in [-0.39, 0.29) is 11.8 Å². The SMILES string of the molecule is O=C(N/N=C/c1ccc(Cl)cc1Cl)C1C2CCCCC21. The average Bonchev–Trinajstić information content (AvgIpc) is 3.15. The average molecular weight is 311 g/mol. The predicted molar refractivity (Wildman–Crippen MR) is 81.1 cm³/mol. The van der Waals surface area contributed by atoms with Crippen molar-refractivity contribution < 1.29 is 4.79 Å². The highest BCUT2D eigenvalue weighted by molar-refractivity contribution is 6.36. The van der Waals surface area contributed by atoms with E-state index in [4.69, 9.17) is 23.2 Å². The molecule has 0 heterocycles. The Balaban J connectivity index is 1.56. The second kappa shape index (κ2) is 5.74. The van der Waals surface area contributed by atoms with Crippen molar-refractivity contribution in [2.45, 2.75) is 25.7 Å². The predicted octanol–water partition coefficient (Wildman–Crippen LogP) is 3.88. The molecule has 0 aliphatic heterocycles. The van der Waals surface area contributed by atoms with Gasteiger partial charge < -0.3 is 0 Å². The maximum atomic E-state index is 12.0. The highest BCUT2D eigenvalue weighted by atomic mass is 35.5. The molecule has 0 radical (unpaired) electrons. The molecule has 1 aromatic carbocycles. The normalized spacial score (nSPS) is 28.2. The lowest BCUT2D eigenvalue weighted by molar-refractivity contribution is -0.122. The number of rotatable bonds is 3. The van der Waals surface area contributed by atoms with Gasteiger partial charge in [-0.15, -0.1) is 0 Å². The number of amides is 1. The van der Waals surface area contributed by atoms with Crippen LogP contribution in [0.3, 0.4) is 0 Å². The number of hydrogen-bond acceptors (Lipinski definition) is 2. The molecule has 2 atom stereocenters. The zero-order valence-corrected chi connectivity index (χ0v) is 12.5. The number of carbonyl (C=O) groups excluding carboxylic acids is 1. The fraction of sp³-hybridized carbons (Fsp3) is 0.467. The number of fused-ring (bicyclic) bond motifs is 1. The first kappa shape index (κ1) is 13.9. The minimum Gasteiger partial charge on any atom is -0.273 e. The number of halogens is 2. The van der Waals surface area contributed by atoms with Crippen LogP contribution in [0, 0.1) is 17.8 Å². The van der Waals surface area contributed by atoms with E-state index in [1.807, 2.05) is 0 Å². The molecule has 1 amide bonds. The fourth-order valence-corrected chi connectivity index (χ4v) is 3.68. The number of hydrogen-bond donors (Lipinski definition) is 1. The van der Waals surface area contributed by atoms with Crippen LogP contribution in [0.2, 0.25) is 10.0 Å². The summed E-state index contributed by atoms with van der Waals surface area (Å²) in [6.07, 6.45) is 6.46. The Hall–Kier alpha value is -1.06. The number of nitrogens with one attached hydrogen (secondary N) is 1. The first-order chi connectivity index (χ1) is 9.66. The maximum absolute atomic E-state index is 12.0. The first-order valence-corrected chi connectivity index (χ1v) is 7.70. The molecule has 0 bridgehead atoms. The van der Waals surface area contributed by atoms with E-state index < -0.39 is 0 Å². The summed E-state index contributed by atoms with van der Waals surface area (Å²) in [6.45, 7) is 0. The van der Waals surface area contributed by atoms with Crippen LogP contribution in [0.4, 0.5) is 0 Å². The van der Waals surface area contributed by atoms with Crippen molar-refractivity contribution in [3.05, 3.63) is 33.8 Å². The second-order valence-corrected chi connectivity index (χ2v) is 6.38. The summed E-state index contributed by atoms with van der Waals surface area (Å²) in [7, 11) is 0. The zero-order valence-electron chi connectivity index (χ0n) is 11.0. The molecule has 0 aromatic heterocycles. The molecule has 2 saturated carbocycles. The van der Waals surface area contributed by atoms with E-state index in [9.17, 15) is 4.79 Å². The van der Waals surface area contributed by atoms with E-state index >= 15 is 0 Å². The van der Waals surface area contributed by atoms with Crippen LogP contribution in [-0.4, -0.2) is 12.1 Å². The fourth-order valence-electron chi connectivity index (χ4n) is 3.23. The lowest BCUT2D eigenvalue weighted by Crippen LogP contribution is -2.20. The Morgan fingerprint density at radius 2 is 1.95 bits per heavy atom. The third kappa shape index (κ3) is 2.84. The second-order valence-electron chi connectivity index (χ2n) is 5.54. The highest BCUT2D eigenvalue weighted by Crippen LogP contribution is 2.55. The minimum absolute atomic E-state index is 0.0447. The molecule has 0 spiro atoms. The molecular weight excluding hydrogens is 295 g/mol. The molecule has 2 fully saturated rings. The molecule has 3 rings (SSSR count). The van der Waals surface area contributed by atoms with Gasteiger partial charge in [-0.25, -0.2) is 5.43 Å². The van der Waals surface area contributed by atoms with Gasteiger partial charge in [0, 0.05) is 16.5 Å². The molecule has 5 heteroatoms. The Morgan fingerprint density at radius 1 is 1.25 bits per heavy atom. The van der Waals surface area contributed by atoms with Crippen LogP contribution < -0.4 is 5.43 Å². The number of carbonyl (C=O) groups is 1. The van der Waals surface area contributed by atoms with Gasteiger partial charge in [-0.2, -0.15) is 5.10 Å². The van der Waals surface area contributed by atoms with Crippen molar-refractivity contribution in [1.29, 1.82) is 0 Å². The number of nitrogens with zero attached hydrogens (tertiary/aromatic N) is 1. The molecular formula is C15H16Cl2N2O. The van der Waals surface area contributed by atoms with Gasteiger partial charge in [-0.05, 0) is 36.8 Å². The lowest BCUT2D eigenvalue weighted by Gasteiger charge is -2.04. The number of benzene rings is 1. The molecule has 106 valence electrons. The summed E-state index contributed by atoms with van der Waals surface area (Å²) in [5.41, 5.74) is 3.37. The van der Waals surface area contributed by atoms with Gasteiger partial charge >= 0.3 is 0 Å². The molecule has 1 aromatic rings. The molecule has 2 aliphatic rings. The van der Waals surface area contributed by atoms with Crippen LogP contribution in [-0.2, 0) is 4.79 Å². The molecule has 2 unspecified atom stereocenters. The standard InChI is InChI=1S/C15H16Cl2N2O/c16-10-6-5-9(13(17)7-10)8-18-19-15(20)14-11-3-1-2-4-12(11)14/h5-8,11-12,14H,1-4H2,(H,19,20)/b18-8+. The van der Waals surface area contributed by atoms with Crippen LogP contribution >= 0.6 is 23.2 Å². The minimum atomic E-state index is 0.0447. The lowest BCUT2D eigenvalue weighted by atomic mass is 10.0. The van der Waals surface area contributed by atoms with E-state index in [1.165, 1.54) is 25.7 Å². The summed E-state index contributed by atoms with van der Waals surface area (Å²) in [5, 5.41) is 5.10. The summed E-state index contributed by atoms with van der Waals surface area (Å²) in [6, 6.07) is 5.17. The van der Waals surface area contributed by atoms with Gasteiger partial charge in [0.15, 0.2) is 0 Å². The van der Waals surface area contributed by atoms with Crippen molar-refractivity contribution >= 4 is 35.3 Å². The van der Waals surface area contributed by atoms with Crippen molar-refractivity contribution in [3.8, 4) is 0 Å². The summed E-state index contributed by atoms with van der Waals surface area (Å²) < 4.78 is 0. The van der Waals surface area contributed by atoms with Crippen LogP contribution in [0.25, 0.3) is 0 Å². The van der Waals surface area contributed by atoms with Crippen LogP contribution in [0.1, 0.15) is 31.2 Å². The molecule has 20 heavy (non-hydrogen) atoms. The first-order valence-electron chi connectivity index (χ1n) is 6.95. The monoisotopic (exact) mass is 310 g/mol. The summed E-state index contributed by atoms with van der Waals surface area (Å²) in [5.74, 6) is 1.41. The van der Waals surface area contributed by atoms with Gasteiger partial charge in [0.05, 0.1) is 11.2 Å². The Labute approximate surface area is 128 Å². The van der Waals surface area contributed by atoms with Crippen molar-refractivity contribution in [3.63, 3.8) is 0 Å². The molecule has 3 nitrogen and oxygen atoms in total. The van der Waals surface area contributed by atoms with Crippen LogP contribution in [0.5, 0.6) is 0 Å². The van der Waals surface area contributed by atoms with E-state index in [0.29, 0.717) is 21.9 Å². The zero-order chi connectivity index (χ0) is 14.1. The highest BCUT2D eigenvalue weighted by Gasteiger charge is 2.54. The third-order valence-electron chi connectivity index (χ3n) is 4.30. The van der Waals surface area contributed by atoms with Gasteiger partial charge in [0.25, 0.3) is 0 Å². The van der Waals surface area contributed by atoms with Gasteiger partial charge in [0.1, 0.15) is 0 Å². The van der Waals surface area contributed by atoms with E-state index in [2.05, 4.69) is 10.5 Å². The van der Waals surface area contributed by atoms with Crippen molar-refractivity contribution in [2.75, 3.05) is 0 Å². The Kier molecular flexibility index (Phi) is 3.99. The Morgan fingerprint density at radius 3 is 2.60 bits per heavy atom. The van der Waals surface area contributed by atoms with Gasteiger partial charge in [0.2, 0.25) is 5.91 Å². The molecule has 0 saturated heterocycles. The van der Waals surface area contributed by atoms with Gasteiger partial charge in [-0.1, -0.05) is 42.1 Å². The summed E-state index contributed by atoms with van der Waals surface area (Å²) >= 11 is 11.9. The smallest absolute Gasteiger partial charge is 0.243 e. The maximum Gasteiger partial charge on any atom is 0.243 e. The van der Waals surface area contributed by atoms with Crippen molar-refractivity contribution in [1.82, 2.24) is 5.43 Å².